The molecule has 0 saturated heterocycles. The largest absolute Gasteiger partial charge is 2.00 e. The predicted molar refractivity (Wildman–Crippen MR) is 424 cm³/mol. The van der Waals surface area contributed by atoms with Gasteiger partial charge in [0.2, 0.25) is 0 Å². The van der Waals surface area contributed by atoms with Crippen LogP contribution >= 0.6 is 0 Å². The van der Waals surface area contributed by atoms with Crippen LogP contribution in [-0.2, 0) is 45.9 Å². The molecule has 4 rings (SSSR count). The van der Waals surface area contributed by atoms with Crippen LogP contribution in [0.2, 0.25) is 0 Å². The fourth-order valence-electron chi connectivity index (χ4n) is 15.1. The van der Waals surface area contributed by atoms with Gasteiger partial charge in [-0.05, 0) is 96.5 Å². The summed E-state index contributed by atoms with van der Waals surface area (Å²) >= 11 is 0. The first-order valence-corrected chi connectivity index (χ1v) is 44.8. The van der Waals surface area contributed by atoms with E-state index in [0.29, 0.717) is 10.8 Å². The molecule has 0 saturated carbocycles. The van der Waals surface area contributed by atoms with Crippen molar-refractivity contribution < 1.29 is 25.9 Å². The maximum atomic E-state index is 12.3. The van der Waals surface area contributed by atoms with Crippen LogP contribution in [0.1, 0.15) is 435 Å². The molecular formula is C88H150BaO6S2. The Bertz CT molecular complexity index is 2500. The van der Waals surface area contributed by atoms with Gasteiger partial charge in [-0.3, -0.25) is 0 Å². The van der Waals surface area contributed by atoms with Gasteiger partial charge in [0, 0.05) is 10.8 Å². The second kappa shape index (κ2) is 63.3. The minimum absolute atomic E-state index is 0. The summed E-state index contributed by atoms with van der Waals surface area (Å²) in [7, 11) is -9.06. The third-order valence-electron chi connectivity index (χ3n) is 21.1. The zero-order chi connectivity index (χ0) is 69.1. The molecule has 0 aromatic heterocycles. The van der Waals surface area contributed by atoms with Crippen molar-refractivity contribution in [2.24, 2.45) is 0 Å². The maximum absolute atomic E-state index is 12.3. The summed E-state index contributed by atoms with van der Waals surface area (Å²) in [4.78, 5) is -0.0661. The van der Waals surface area contributed by atoms with Crippen LogP contribution in [0.5, 0.6) is 0 Å². The van der Waals surface area contributed by atoms with E-state index in [1.807, 2.05) is 24.3 Å². The van der Waals surface area contributed by atoms with Crippen LogP contribution in [0.25, 0.3) is 21.5 Å². The molecule has 6 nitrogen and oxygen atoms in total. The number of unbranched alkanes of at least 4 members (excludes halogenated alkanes) is 56. The van der Waals surface area contributed by atoms with E-state index in [9.17, 15) is 25.9 Å². The minimum atomic E-state index is -4.53. The van der Waals surface area contributed by atoms with Crippen LogP contribution in [0.3, 0.4) is 0 Å². The van der Waals surface area contributed by atoms with Gasteiger partial charge in [-0.25, -0.2) is 16.8 Å². The second-order valence-corrected chi connectivity index (χ2v) is 32.5. The van der Waals surface area contributed by atoms with Gasteiger partial charge in [0.05, 0.1) is 9.79 Å². The Balaban J connectivity index is 0.000000653. The first-order chi connectivity index (χ1) is 47.0. The first-order valence-electron chi connectivity index (χ1n) is 42.0. The van der Waals surface area contributed by atoms with Crippen LogP contribution in [-0.4, -0.2) is 74.8 Å². The summed E-state index contributed by atoms with van der Waals surface area (Å²) in [6.45, 7) is 9.13. The Morgan fingerprint density at radius 1 is 0.227 bits per heavy atom. The van der Waals surface area contributed by atoms with Crippen molar-refractivity contribution >= 4 is 90.7 Å². The van der Waals surface area contributed by atoms with Crippen LogP contribution in [0, 0.1) is 0 Å². The number of aryl methyl sites for hydroxylation is 4. The van der Waals surface area contributed by atoms with E-state index in [-0.39, 0.29) is 58.7 Å². The monoisotopic (exact) mass is 1500 g/mol. The van der Waals surface area contributed by atoms with Crippen LogP contribution in [0.4, 0.5) is 0 Å². The normalized spacial score (nSPS) is 11.9. The summed E-state index contributed by atoms with van der Waals surface area (Å²) in [5.74, 6) is 0. The van der Waals surface area contributed by atoms with Crippen molar-refractivity contribution in [2.45, 2.75) is 448 Å². The number of hydrogen-bond donors (Lipinski definition) is 0. The zero-order valence-electron chi connectivity index (χ0n) is 64.0. The van der Waals surface area contributed by atoms with Gasteiger partial charge in [0.25, 0.3) is 0 Å². The standard InChI is InChI=1S/2C44H76O3S.Ba/c2*1-3-5-7-9-11-13-15-17-19-21-23-25-27-29-31-34-40-38-39-41-35-33-37-43(48(45,46)47)44(41)42(40)36-32-30-28-26-24-22-20-18-16-14-12-10-8-6-4-2;/h2*33,35,37-39H,3-32,34,36H2,1-2H3,(H,45,46,47);/q;;+2/p-2. The minimum Gasteiger partial charge on any atom is -0.744 e. The predicted octanol–water partition coefficient (Wildman–Crippen LogP) is 28.8. The van der Waals surface area contributed by atoms with Crippen molar-refractivity contribution in [1.82, 2.24) is 0 Å². The molecular weight excluding hydrogens is 1350 g/mol. The Kier molecular flexibility index (Phi) is 59.9. The van der Waals surface area contributed by atoms with Crippen LogP contribution in [0.15, 0.2) is 70.5 Å². The molecule has 0 aliphatic rings. The molecule has 0 amide bonds. The van der Waals surface area contributed by atoms with Gasteiger partial charge in [-0.15, -0.1) is 0 Å². The third-order valence-corrected chi connectivity index (χ3v) is 22.9. The number of fused-ring (bicyclic) bond motifs is 2. The van der Waals surface area contributed by atoms with Crippen molar-refractivity contribution in [3.8, 4) is 0 Å². The van der Waals surface area contributed by atoms with E-state index >= 15 is 0 Å². The fourth-order valence-corrected chi connectivity index (χ4v) is 16.6. The molecule has 0 N–H and O–H groups in total. The topological polar surface area (TPSA) is 114 Å². The van der Waals surface area contributed by atoms with Crippen LogP contribution < -0.4 is 0 Å². The molecule has 0 radical (unpaired) electrons. The smallest absolute Gasteiger partial charge is 0.744 e. The molecule has 0 heterocycles. The van der Waals surface area contributed by atoms with E-state index in [2.05, 4.69) is 39.8 Å². The quantitative estimate of drug-likeness (QED) is 0.0247. The van der Waals surface area contributed by atoms with Gasteiger partial charge >= 0.3 is 48.9 Å². The van der Waals surface area contributed by atoms with Gasteiger partial charge < -0.3 is 9.11 Å². The summed E-state index contributed by atoms with van der Waals surface area (Å²) in [6.07, 6.45) is 84.2. The van der Waals surface area contributed by atoms with Gasteiger partial charge in [0.1, 0.15) is 20.2 Å². The van der Waals surface area contributed by atoms with Gasteiger partial charge in [-0.2, -0.15) is 0 Å². The molecule has 97 heavy (non-hydrogen) atoms. The Hall–Kier alpha value is -1.21. The fraction of sp³-hybridized carbons (Fsp3) is 0.773. The molecule has 0 unspecified atom stereocenters. The van der Waals surface area contributed by atoms with E-state index in [1.54, 1.807) is 12.1 Å². The van der Waals surface area contributed by atoms with Gasteiger partial charge in [-0.1, -0.05) is 436 Å². The molecule has 4 aromatic carbocycles. The average Bonchev–Trinajstić information content (AvgIpc) is 0.782. The molecule has 0 spiro atoms. The number of benzene rings is 4. The van der Waals surface area contributed by atoms with Crippen molar-refractivity contribution in [2.75, 3.05) is 0 Å². The van der Waals surface area contributed by atoms with E-state index in [0.717, 1.165) is 73.3 Å². The molecule has 0 bridgehead atoms. The van der Waals surface area contributed by atoms with E-state index < -0.39 is 20.2 Å². The Morgan fingerprint density at radius 2 is 0.402 bits per heavy atom. The first kappa shape index (κ1) is 91.9. The molecule has 552 valence electrons. The summed E-state index contributed by atoms with van der Waals surface area (Å²) in [6, 6.07) is 18.8. The molecule has 0 aliphatic carbocycles. The third kappa shape index (κ3) is 46.3. The maximum Gasteiger partial charge on any atom is 2.00 e. The summed E-state index contributed by atoms with van der Waals surface area (Å²) in [5, 5.41) is 3.14. The molecule has 0 aliphatic heterocycles. The molecule has 0 fully saturated rings. The van der Waals surface area contributed by atoms with Gasteiger partial charge in [0.15, 0.2) is 0 Å². The van der Waals surface area contributed by atoms with Crippen molar-refractivity contribution in [3.63, 3.8) is 0 Å². The summed E-state index contributed by atoms with van der Waals surface area (Å²) in [5.41, 5.74) is 4.72. The van der Waals surface area contributed by atoms with E-state index in [4.69, 9.17) is 0 Å². The number of rotatable bonds is 66. The Labute approximate surface area is 642 Å². The molecule has 0 atom stereocenters. The van der Waals surface area contributed by atoms with Crippen molar-refractivity contribution in [3.05, 3.63) is 82.9 Å². The average molecular weight is 1510 g/mol. The van der Waals surface area contributed by atoms with Crippen molar-refractivity contribution in [1.29, 1.82) is 0 Å². The molecule has 9 heteroatoms. The molecule has 4 aromatic rings. The Morgan fingerprint density at radius 3 is 0.588 bits per heavy atom. The summed E-state index contributed by atoms with van der Waals surface area (Å²) < 4.78 is 73.7. The SMILES string of the molecule is CCCCCCCCCCCCCCCCCc1ccc2cccc(S(=O)(=O)[O-])c2c1CCCCCCCCCCCCCCCCC.CCCCCCCCCCCCCCCCCc1ccc2cccc(S(=O)(=O)[O-])c2c1CCCCCCCCCCCCCCCCC.[Ba+2]. The van der Waals surface area contributed by atoms with E-state index in [1.165, 1.54) is 383 Å². The number of hydrogen-bond acceptors (Lipinski definition) is 6. The second-order valence-electron chi connectivity index (χ2n) is 29.8. The zero-order valence-corrected chi connectivity index (χ0v) is 70.1.